The van der Waals surface area contributed by atoms with Gasteiger partial charge in [-0.15, -0.1) is 0 Å². The first-order valence-corrected chi connectivity index (χ1v) is 6.44. The number of ether oxygens (including phenoxy) is 2. The third-order valence-electron chi connectivity index (χ3n) is 2.89. The zero-order valence-electron chi connectivity index (χ0n) is 10.7. The first kappa shape index (κ1) is 14.3. The van der Waals surface area contributed by atoms with Crippen LogP contribution in [0.15, 0.2) is 10.5 Å². The van der Waals surface area contributed by atoms with Crippen LogP contribution in [-0.4, -0.2) is 25.9 Å². The molecule has 0 saturated heterocycles. The lowest BCUT2D eigenvalue weighted by Gasteiger charge is -2.20. The van der Waals surface area contributed by atoms with Crippen molar-refractivity contribution in [3.05, 3.63) is 21.7 Å². The first-order chi connectivity index (χ1) is 8.10. The Kier molecular flexibility index (Phi) is 5.28. The summed E-state index contributed by atoms with van der Waals surface area (Å²) >= 11 is 3.47. The minimum Gasteiger partial charge on any atom is -0.493 e. The van der Waals surface area contributed by atoms with Crippen LogP contribution in [0.3, 0.4) is 0 Å². The minimum atomic E-state index is 0.0843. The van der Waals surface area contributed by atoms with Gasteiger partial charge in [0, 0.05) is 18.1 Å². The molecule has 0 spiro atoms. The lowest BCUT2D eigenvalue weighted by molar-refractivity contribution is 0.271. The summed E-state index contributed by atoms with van der Waals surface area (Å²) in [5.41, 5.74) is 2.19. The molecule has 17 heavy (non-hydrogen) atoms. The second-order valence-corrected chi connectivity index (χ2v) is 4.78. The monoisotopic (exact) mass is 302 g/mol. The Morgan fingerprint density at radius 3 is 2.29 bits per heavy atom. The number of benzene rings is 1. The number of hydrogen-bond donors (Lipinski definition) is 1. The van der Waals surface area contributed by atoms with Gasteiger partial charge >= 0.3 is 0 Å². The highest BCUT2D eigenvalue weighted by atomic mass is 79.9. The van der Waals surface area contributed by atoms with Crippen LogP contribution in [0, 0.1) is 0 Å². The normalized spacial score (nSPS) is 12.4. The summed E-state index contributed by atoms with van der Waals surface area (Å²) in [6.45, 7) is 4.18. The van der Waals surface area contributed by atoms with E-state index in [4.69, 9.17) is 9.47 Å². The Morgan fingerprint density at radius 2 is 1.88 bits per heavy atom. The maximum absolute atomic E-state index is 9.30. The van der Waals surface area contributed by atoms with Gasteiger partial charge in [-0.1, -0.05) is 13.8 Å². The van der Waals surface area contributed by atoms with Crippen LogP contribution in [0.2, 0.25) is 0 Å². The molecule has 0 aliphatic rings. The average molecular weight is 303 g/mol. The van der Waals surface area contributed by atoms with Crippen molar-refractivity contribution in [3.63, 3.8) is 0 Å². The lowest BCUT2D eigenvalue weighted by Crippen LogP contribution is -2.06. The molecule has 0 aliphatic heterocycles. The molecule has 0 aliphatic carbocycles. The highest BCUT2D eigenvalue weighted by molar-refractivity contribution is 9.10. The number of rotatable bonds is 5. The van der Waals surface area contributed by atoms with E-state index in [1.165, 1.54) is 0 Å². The van der Waals surface area contributed by atoms with Crippen molar-refractivity contribution in [2.24, 2.45) is 0 Å². The molecule has 0 aromatic heterocycles. The van der Waals surface area contributed by atoms with Gasteiger partial charge in [0.25, 0.3) is 0 Å². The summed E-state index contributed by atoms with van der Waals surface area (Å²) in [4.78, 5) is 0. The quantitative estimate of drug-likeness (QED) is 0.908. The fourth-order valence-corrected chi connectivity index (χ4v) is 2.56. The van der Waals surface area contributed by atoms with Gasteiger partial charge in [-0.3, -0.25) is 0 Å². The number of hydrogen-bond acceptors (Lipinski definition) is 3. The molecule has 3 nitrogen and oxygen atoms in total. The van der Waals surface area contributed by atoms with Gasteiger partial charge in [-0.2, -0.15) is 0 Å². The van der Waals surface area contributed by atoms with Gasteiger partial charge in [-0.25, -0.2) is 0 Å². The van der Waals surface area contributed by atoms with Gasteiger partial charge in [-0.05, 0) is 34.0 Å². The van der Waals surface area contributed by atoms with Crippen LogP contribution in [0.25, 0.3) is 0 Å². The summed E-state index contributed by atoms with van der Waals surface area (Å²) in [5, 5.41) is 9.30. The molecule has 1 aromatic rings. The Bertz CT molecular complexity index is 391. The molecule has 0 bridgehead atoms. The third kappa shape index (κ3) is 2.75. The van der Waals surface area contributed by atoms with E-state index in [1.54, 1.807) is 14.2 Å². The van der Waals surface area contributed by atoms with Crippen LogP contribution in [0.4, 0.5) is 0 Å². The third-order valence-corrected chi connectivity index (χ3v) is 3.48. The number of methoxy groups -OCH3 is 2. The van der Waals surface area contributed by atoms with E-state index in [9.17, 15) is 5.11 Å². The van der Waals surface area contributed by atoms with Gasteiger partial charge in [0.2, 0.25) is 0 Å². The van der Waals surface area contributed by atoms with E-state index >= 15 is 0 Å². The van der Waals surface area contributed by atoms with Crippen LogP contribution in [0.1, 0.15) is 30.9 Å². The summed E-state index contributed by atoms with van der Waals surface area (Å²) < 4.78 is 11.6. The molecule has 1 N–H and O–H groups in total. The number of aliphatic hydroxyl groups excluding tert-OH is 1. The fourth-order valence-electron chi connectivity index (χ4n) is 1.97. The molecular weight excluding hydrogens is 284 g/mol. The van der Waals surface area contributed by atoms with Crippen molar-refractivity contribution >= 4 is 15.9 Å². The maximum atomic E-state index is 9.30. The molecule has 4 heteroatoms. The maximum Gasteiger partial charge on any atom is 0.175 e. The molecule has 0 saturated carbocycles. The van der Waals surface area contributed by atoms with Gasteiger partial charge < -0.3 is 14.6 Å². The van der Waals surface area contributed by atoms with Crippen molar-refractivity contribution in [2.75, 3.05) is 20.8 Å². The Balaban J connectivity index is 3.47. The highest BCUT2D eigenvalue weighted by Gasteiger charge is 2.20. The molecule has 96 valence electrons. The molecule has 0 fully saturated rings. The summed E-state index contributed by atoms with van der Waals surface area (Å²) in [5.74, 6) is 1.54. The van der Waals surface area contributed by atoms with E-state index < -0.39 is 0 Å². The van der Waals surface area contributed by atoms with E-state index in [2.05, 4.69) is 22.9 Å². The van der Waals surface area contributed by atoms with Crippen LogP contribution in [-0.2, 0) is 6.42 Å². The van der Waals surface area contributed by atoms with Gasteiger partial charge in [0.05, 0.1) is 18.7 Å². The summed E-state index contributed by atoms with van der Waals surface area (Å²) in [6.07, 6.45) is 0.840. The van der Waals surface area contributed by atoms with Crippen molar-refractivity contribution in [1.29, 1.82) is 0 Å². The van der Waals surface area contributed by atoms with Gasteiger partial charge in [0.15, 0.2) is 11.5 Å². The second-order valence-electron chi connectivity index (χ2n) is 3.93. The van der Waals surface area contributed by atoms with Crippen molar-refractivity contribution in [3.8, 4) is 11.5 Å². The summed E-state index contributed by atoms with van der Waals surface area (Å²) in [7, 11) is 3.26. The fraction of sp³-hybridized carbons (Fsp3) is 0.538. The van der Waals surface area contributed by atoms with E-state index in [-0.39, 0.29) is 12.5 Å². The molecule has 1 aromatic carbocycles. The highest BCUT2D eigenvalue weighted by Crippen LogP contribution is 2.42. The topological polar surface area (TPSA) is 38.7 Å². The number of aliphatic hydroxyl groups is 1. The zero-order valence-corrected chi connectivity index (χ0v) is 12.3. The average Bonchev–Trinajstić information content (AvgIpc) is 2.36. The molecule has 1 rings (SSSR count). The first-order valence-electron chi connectivity index (χ1n) is 5.64. The predicted octanol–water partition coefficient (Wildman–Crippen LogP) is 3.12. The zero-order chi connectivity index (χ0) is 13.0. The van der Waals surface area contributed by atoms with Crippen LogP contribution in [0.5, 0.6) is 11.5 Å². The van der Waals surface area contributed by atoms with E-state index in [1.807, 2.05) is 13.0 Å². The van der Waals surface area contributed by atoms with Crippen LogP contribution < -0.4 is 9.47 Å². The largest absolute Gasteiger partial charge is 0.493 e. The van der Waals surface area contributed by atoms with Crippen LogP contribution >= 0.6 is 15.9 Å². The SMILES string of the molecule is CCc1c(C(C)CO)cc(Br)c(OC)c1OC. The minimum absolute atomic E-state index is 0.0843. The van der Waals surface area contributed by atoms with Crippen molar-refractivity contribution < 1.29 is 14.6 Å². The second kappa shape index (κ2) is 6.26. The van der Waals surface area contributed by atoms with E-state index in [0.717, 1.165) is 27.8 Å². The predicted molar refractivity (Wildman–Crippen MR) is 72.1 cm³/mol. The van der Waals surface area contributed by atoms with Crippen molar-refractivity contribution in [1.82, 2.24) is 0 Å². The Labute approximate surface area is 111 Å². The Morgan fingerprint density at radius 1 is 1.29 bits per heavy atom. The molecule has 1 atom stereocenters. The molecule has 0 heterocycles. The Hall–Kier alpha value is -0.740. The lowest BCUT2D eigenvalue weighted by atomic mass is 9.93. The molecular formula is C13H19BrO3. The van der Waals surface area contributed by atoms with E-state index in [0.29, 0.717) is 5.75 Å². The van der Waals surface area contributed by atoms with Gasteiger partial charge in [0.1, 0.15) is 0 Å². The van der Waals surface area contributed by atoms with Crippen molar-refractivity contribution in [2.45, 2.75) is 26.2 Å². The number of halogens is 1. The molecule has 0 amide bonds. The smallest absolute Gasteiger partial charge is 0.175 e. The summed E-state index contributed by atoms with van der Waals surface area (Å²) in [6, 6.07) is 2.00. The molecule has 1 unspecified atom stereocenters. The molecule has 0 radical (unpaired) electrons. The standard InChI is InChI=1S/C13H19BrO3/c1-5-9-10(8(2)7-15)6-11(14)13(17-4)12(9)16-3/h6,8,15H,5,7H2,1-4H3.